The summed E-state index contributed by atoms with van der Waals surface area (Å²) in [5.41, 5.74) is 1.94. The zero-order valence-corrected chi connectivity index (χ0v) is 9.28. The highest BCUT2D eigenvalue weighted by Gasteiger charge is 2.02. The molecule has 0 atom stereocenters. The van der Waals surface area contributed by atoms with Crippen molar-refractivity contribution in [2.45, 2.75) is 6.92 Å². The molecule has 0 saturated carbocycles. The lowest BCUT2D eigenvalue weighted by Gasteiger charge is -2.02. The summed E-state index contributed by atoms with van der Waals surface area (Å²) in [6, 6.07) is 5.77. The average molecular weight is 247 g/mol. The maximum Gasteiger partial charge on any atom is 0.0507 e. The summed E-state index contributed by atoms with van der Waals surface area (Å²) in [6.45, 7) is 1.94. The fourth-order valence-corrected chi connectivity index (χ4v) is 1.71. The van der Waals surface area contributed by atoms with Crippen LogP contribution in [0, 0.1) is 0 Å². The van der Waals surface area contributed by atoms with Crippen molar-refractivity contribution in [3.05, 3.63) is 33.3 Å². The Labute approximate surface area is 85.6 Å². The van der Waals surface area contributed by atoms with E-state index in [4.69, 9.17) is 11.6 Å². The SMILES string of the molecule is CN=C(C)c1ccc(Br)cc1Cl. The molecule has 1 rings (SSSR count). The smallest absolute Gasteiger partial charge is 0.0507 e. The third-order valence-electron chi connectivity index (χ3n) is 1.66. The first-order valence-electron chi connectivity index (χ1n) is 3.54. The zero-order valence-electron chi connectivity index (χ0n) is 6.94. The highest BCUT2D eigenvalue weighted by Crippen LogP contribution is 2.21. The maximum absolute atomic E-state index is 5.99. The molecule has 0 aliphatic rings. The van der Waals surface area contributed by atoms with Gasteiger partial charge in [-0.1, -0.05) is 33.6 Å². The first-order valence-corrected chi connectivity index (χ1v) is 4.71. The minimum absolute atomic E-state index is 0.729. The quantitative estimate of drug-likeness (QED) is 0.672. The molecule has 1 aromatic carbocycles. The van der Waals surface area contributed by atoms with Gasteiger partial charge in [-0.3, -0.25) is 4.99 Å². The summed E-state index contributed by atoms with van der Waals surface area (Å²) in [6.07, 6.45) is 0. The fraction of sp³-hybridized carbons (Fsp3) is 0.222. The van der Waals surface area contributed by atoms with E-state index in [2.05, 4.69) is 20.9 Å². The van der Waals surface area contributed by atoms with Gasteiger partial charge in [0, 0.05) is 22.8 Å². The lowest BCUT2D eigenvalue weighted by atomic mass is 10.1. The number of hydrogen-bond acceptors (Lipinski definition) is 1. The molecule has 0 N–H and O–H groups in total. The largest absolute Gasteiger partial charge is 0.293 e. The monoisotopic (exact) mass is 245 g/mol. The van der Waals surface area contributed by atoms with Crippen LogP contribution in [0.3, 0.4) is 0 Å². The van der Waals surface area contributed by atoms with Gasteiger partial charge in [-0.05, 0) is 19.1 Å². The molecular weight excluding hydrogens is 237 g/mol. The molecule has 0 radical (unpaired) electrons. The van der Waals surface area contributed by atoms with Crippen LogP contribution in [0.4, 0.5) is 0 Å². The van der Waals surface area contributed by atoms with Crippen molar-refractivity contribution < 1.29 is 0 Å². The van der Waals surface area contributed by atoms with Crippen LogP contribution in [0.5, 0.6) is 0 Å². The number of halogens is 2. The molecule has 3 heteroatoms. The van der Waals surface area contributed by atoms with E-state index in [1.807, 2.05) is 25.1 Å². The molecule has 0 aliphatic heterocycles. The Morgan fingerprint density at radius 3 is 2.67 bits per heavy atom. The molecule has 0 amide bonds. The molecule has 64 valence electrons. The van der Waals surface area contributed by atoms with Crippen molar-refractivity contribution in [2.75, 3.05) is 7.05 Å². The van der Waals surface area contributed by atoms with Gasteiger partial charge in [0.05, 0.1) is 5.02 Å². The van der Waals surface area contributed by atoms with Crippen LogP contribution in [0.2, 0.25) is 5.02 Å². The van der Waals surface area contributed by atoms with Gasteiger partial charge in [-0.25, -0.2) is 0 Å². The molecule has 0 fully saturated rings. The highest BCUT2D eigenvalue weighted by atomic mass is 79.9. The van der Waals surface area contributed by atoms with Gasteiger partial charge in [0.15, 0.2) is 0 Å². The molecule has 12 heavy (non-hydrogen) atoms. The summed E-state index contributed by atoms with van der Waals surface area (Å²) in [5.74, 6) is 0. The standard InChI is InChI=1S/C9H9BrClN/c1-6(12-2)8-4-3-7(10)5-9(8)11/h3-5H,1-2H3. The van der Waals surface area contributed by atoms with E-state index < -0.39 is 0 Å². The Bertz CT molecular complexity index is 320. The first kappa shape index (κ1) is 9.75. The number of aliphatic imine (C=N–C) groups is 1. The normalized spacial score (nSPS) is 11.8. The number of hydrogen-bond donors (Lipinski definition) is 0. The Hall–Kier alpha value is -0.340. The van der Waals surface area contributed by atoms with E-state index >= 15 is 0 Å². The summed E-state index contributed by atoms with van der Waals surface area (Å²) in [4.78, 5) is 4.07. The minimum Gasteiger partial charge on any atom is -0.293 e. The van der Waals surface area contributed by atoms with Crippen molar-refractivity contribution in [3.8, 4) is 0 Å². The van der Waals surface area contributed by atoms with E-state index in [9.17, 15) is 0 Å². The number of benzene rings is 1. The Morgan fingerprint density at radius 1 is 1.50 bits per heavy atom. The van der Waals surface area contributed by atoms with Gasteiger partial charge < -0.3 is 0 Å². The Morgan fingerprint density at radius 2 is 2.17 bits per heavy atom. The highest BCUT2D eigenvalue weighted by molar-refractivity contribution is 9.10. The molecule has 0 saturated heterocycles. The molecule has 0 spiro atoms. The third-order valence-corrected chi connectivity index (χ3v) is 2.46. The molecule has 0 aliphatic carbocycles. The van der Waals surface area contributed by atoms with E-state index in [1.54, 1.807) is 7.05 Å². The summed E-state index contributed by atoms with van der Waals surface area (Å²) in [5, 5.41) is 0.729. The van der Waals surface area contributed by atoms with Gasteiger partial charge in [-0.15, -0.1) is 0 Å². The van der Waals surface area contributed by atoms with Crippen molar-refractivity contribution in [1.29, 1.82) is 0 Å². The summed E-state index contributed by atoms with van der Waals surface area (Å²) in [7, 11) is 1.76. The van der Waals surface area contributed by atoms with Gasteiger partial charge >= 0.3 is 0 Å². The Balaban J connectivity index is 3.18. The van der Waals surface area contributed by atoms with Crippen molar-refractivity contribution >= 4 is 33.2 Å². The van der Waals surface area contributed by atoms with Gasteiger partial charge in [-0.2, -0.15) is 0 Å². The summed E-state index contributed by atoms with van der Waals surface area (Å²) < 4.78 is 0.986. The van der Waals surface area contributed by atoms with Crippen LogP contribution in [-0.4, -0.2) is 12.8 Å². The number of rotatable bonds is 1. The molecule has 0 bridgehead atoms. The van der Waals surface area contributed by atoms with E-state index in [0.29, 0.717) is 0 Å². The third kappa shape index (κ3) is 2.08. The second-order valence-corrected chi connectivity index (χ2v) is 3.76. The Kier molecular flexibility index (Phi) is 3.29. The zero-order chi connectivity index (χ0) is 9.14. The van der Waals surface area contributed by atoms with Crippen LogP contribution < -0.4 is 0 Å². The maximum atomic E-state index is 5.99. The van der Waals surface area contributed by atoms with E-state index in [0.717, 1.165) is 20.8 Å². The van der Waals surface area contributed by atoms with Crippen LogP contribution in [-0.2, 0) is 0 Å². The average Bonchev–Trinajstić information content (AvgIpc) is 2.03. The predicted octanol–water partition coefficient (Wildman–Crippen LogP) is 3.54. The topological polar surface area (TPSA) is 12.4 Å². The molecule has 0 heterocycles. The van der Waals surface area contributed by atoms with Gasteiger partial charge in [0.1, 0.15) is 0 Å². The van der Waals surface area contributed by atoms with Gasteiger partial charge in [0.25, 0.3) is 0 Å². The lowest BCUT2D eigenvalue weighted by Crippen LogP contribution is -1.94. The number of nitrogens with zero attached hydrogens (tertiary/aromatic N) is 1. The van der Waals surface area contributed by atoms with Gasteiger partial charge in [0.2, 0.25) is 0 Å². The molecule has 1 nitrogen and oxygen atoms in total. The molecular formula is C9H9BrClN. The molecule has 1 aromatic rings. The van der Waals surface area contributed by atoms with Crippen LogP contribution >= 0.6 is 27.5 Å². The van der Waals surface area contributed by atoms with E-state index in [1.165, 1.54) is 0 Å². The van der Waals surface area contributed by atoms with Crippen molar-refractivity contribution in [3.63, 3.8) is 0 Å². The second kappa shape index (κ2) is 4.06. The fourth-order valence-electron chi connectivity index (χ4n) is 0.903. The molecule has 0 unspecified atom stereocenters. The second-order valence-electron chi connectivity index (χ2n) is 2.43. The van der Waals surface area contributed by atoms with Crippen LogP contribution in [0.25, 0.3) is 0 Å². The lowest BCUT2D eigenvalue weighted by molar-refractivity contribution is 1.41. The van der Waals surface area contributed by atoms with Crippen LogP contribution in [0.1, 0.15) is 12.5 Å². The summed E-state index contributed by atoms with van der Waals surface area (Å²) >= 11 is 9.34. The van der Waals surface area contributed by atoms with Crippen molar-refractivity contribution in [1.82, 2.24) is 0 Å². The van der Waals surface area contributed by atoms with Crippen molar-refractivity contribution in [2.24, 2.45) is 4.99 Å². The molecule has 0 aromatic heterocycles. The van der Waals surface area contributed by atoms with Crippen LogP contribution in [0.15, 0.2) is 27.7 Å². The first-order chi connectivity index (χ1) is 5.65. The predicted molar refractivity (Wildman–Crippen MR) is 57.3 cm³/mol. The van der Waals surface area contributed by atoms with E-state index in [-0.39, 0.29) is 0 Å². The minimum atomic E-state index is 0.729.